The molecule has 0 aromatic carbocycles. The second-order valence-corrected chi connectivity index (χ2v) is 9.45. The van der Waals surface area contributed by atoms with E-state index in [0.29, 0.717) is 0 Å². The van der Waals surface area contributed by atoms with Gasteiger partial charge in [0.15, 0.2) is 0 Å². The molecule has 0 radical (unpaired) electrons. The van der Waals surface area contributed by atoms with Gasteiger partial charge in [0.2, 0.25) is 0 Å². The zero-order chi connectivity index (χ0) is 27.4. The van der Waals surface area contributed by atoms with Crippen LogP contribution >= 0.6 is 0 Å². The Labute approximate surface area is 268 Å². The van der Waals surface area contributed by atoms with Gasteiger partial charge in [0.1, 0.15) is 0 Å². The summed E-state index contributed by atoms with van der Waals surface area (Å²) in [7, 11) is -29.1. The number of hydrogen-bond acceptors (Lipinski definition) is 21. The molecule has 0 bridgehead atoms. The van der Waals surface area contributed by atoms with Crippen LogP contribution < -0.4 is 16.9 Å². The van der Waals surface area contributed by atoms with Crippen molar-refractivity contribution in [2.75, 3.05) is 0 Å². The normalized spacial score (nSPS) is 12.2. The van der Waals surface area contributed by atoms with Gasteiger partial charge in [0.25, 0.3) is 0 Å². The zero-order valence-electron chi connectivity index (χ0n) is 14.0. The summed E-state index contributed by atoms with van der Waals surface area (Å²) < 4.78 is 181. The fraction of sp³-hybridized carbons (Fsp3) is 0. The Morgan fingerprint density at radius 1 is 0.306 bits per heavy atom. The van der Waals surface area contributed by atoms with Gasteiger partial charge >= 0.3 is 151 Å². The van der Waals surface area contributed by atoms with Crippen molar-refractivity contribution >= 4 is 151 Å². The molecule has 0 aliphatic carbocycles. The zero-order valence-corrected chi connectivity index (χ0v) is 18.9. The van der Waals surface area contributed by atoms with Crippen molar-refractivity contribution < 1.29 is 104 Å². The van der Waals surface area contributed by atoms with Gasteiger partial charge in [-0.3, -0.25) is 27.3 Å². The molecule has 0 unspecified atom stereocenters. The first kappa shape index (κ1) is 50.9. The molecule has 0 aliphatic rings. The van der Waals surface area contributed by atoms with Crippen LogP contribution in [0.3, 0.4) is 0 Å². The first-order chi connectivity index (χ1) is 14.1. The molecule has 0 spiro atoms. The van der Waals surface area contributed by atoms with Crippen LogP contribution in [0.4, 0.5) is 0 Å². The van der Waals surface area contributed by atoms with Gasteiger partial charge in [0.05, 0.1) is 0 Å². The summed E-state index contributed by atoms with van der Waals surface area (Å²) >= 11 is 0. The van der Waals surface area contributed by atoms with E-state index in [0.717, 1.165) is 16.9 Å². The van der Waals surface area contributed by atoms with E-state index in [9.17, 15) is 50.5 Å². The van der Waals surface area contributed by atoms with E-state index in [1.165, 1.54) is 0 Å². The molecule has 0 aromatic rings. The van der Waals surface area contributed by atoms with Gasteiger partial charge in [-0.25, -0.2) is 0 Å². The first-order valence-electron chi connectivity index (χ1n) is 5.32. The summed E-state index contributed by atoms with van der Waals surface area (Å²) in [5.74, 6) is 0. The predicted molar refractivity (Wildman–Crippen MR) is 107 cm³/mol. The molecule has 36 heteroatoms. The van der Waals surface area contributed by atoms with Crippen molar-refractivity contribution in [1.82, 2.24) is 16.9 Å². The van der Waals surface area contributed by atoms with E-state index in [-0.39, 0.29) is 88.7 Å². The summed E-state index contributed by atoms with van der Waals surface area (Å²) in [6, 6.07) is 0. The predicted octanol–water partition coefficient (Wildman–Crippen LogP) is -7.81. The van der Waals surface area contributed by atoms with E-state index in [2.05, 4.69) is 25.7 Å². The summed E-state index contributed by atoms with van der Waals surface area (Å²) in [6.07, 6.45) is 0. The van der Waals surface area contributed by atoms with Gasteiger partial charge < -0.3 is 0 Å². The molecular weight excluding hydrogens is 687 g/mol. The van der Waals surface area contributed by atoms with Crippen LogP contribution in [0.15, 0.2) is 0 Å². The first-order valence-corrected chi connectivity index (χ1v) is 13.5. The van der Waals surface area contributed by atoms with Crippen LogP contribution in [0, 0.1) is 0 Å². The second-order valence-electron chi connectivity index (χ2n) is 3.32. The van der Waals surface area contributed by atoms with Gasteiger partial charge in [-0.05, 0) is 16.9 Å². The molecule has 0 rings (SSSR count). The molecule has 27 nitrogen and oxygen atoms in total. The Bertz CT molecular complexity index is 955. The Kier molecular flexibility index (Phi) is 30.8. The van der Waals surface area contributed by atoms with Crippen molar-refractivity contribution in [1.29, 1.82) is 0 Å². The Hall–Kier alpha value is 2.10. The monoisotopic (exact) mass is 699 g/mol. The average Bonchev–Trinajstić information content (AvgIpc) is 2.39. The third kappa shape index (κ3) is 65.3. The molecule has 0 fully saturated rings. The molecule has 0 heterocycles. The molecule has 0 amide bonds. The number of hydrogen-bond donors (Lipinski definition) is 9. The fourth-order valence-corrected chi connectivity index (χ4v) is 1.15. The fourth-order valence-electron chi connectivity index (χ4n) is 0.300. The minimum atomic E-state index is -4.86. The SMILES string of the molecule is O=S(=O)(O)ONOS(=O)(=O)O.O=S(=O)(O)ONOS(=O)(=O)O.O=S(=O)(O)ONOS(=O)(=O)O.[NaH].[NaH].[NaH]. The summed E-state index contributed by atoms with van der Waals surface area (Å²) in [4.78, 5) is 0. The maximum absolute atomic E-state index is 9.63. The van der Waals surface area contributed by atoms with Crippen LogP contribution in [0.1, 0.15) is 0 Å². The van der Waals surface area contributed by atoms with Crippen LogP contribution in [0.5, 0.6) is 0 Å². The second kappa shape index (κ2) is 21.8. The number of nitrogens with one attached hydrogen (secondary N) is 3. The van der Waals surface area contributed by atoms with E-state index < -0.39 is 62.4 Å². The average molecular weight is 699 g/mol. The van der Waals surface area contributed by atoms with Crippen molar-refractivity contribution in [3.63, 3.8) is 0 Å². The van der Waals surface area contributed by atoms with Gasteiger partial charge in [-0.2, -0.15) is 50.5 Å². The molecule has 9 N–H and O–H groups in total. The van der Waals surface area contributed by atoms with Crippen LogP contribution in [0.25, 0.3) is 0 Å². The summed E-state index contributed by atoms with van der Waals surface area (Å²) in [6.45, 7) is 0. The standard InChI is InChI=1S/3H3NO8S2.3Na.3H/c3*2-10(3,4)8-1-9-11(5,6)7;;;;;;/h3*1H,(H,2,3,4)(H,5,6,7);;;;;;. The molecule has 36 heavy (non-hydrogen) atoms. The van der Waals surface area contributed by atoms with Crippen molar-refractivity contribution in [2.24, 2.45) is 0 Å². The van der Waals surface area contributed by atoms with Gasteiger partial charge in [-0.1, -0.05) is 0 Å². The maximum atomic E-state index is 9.63. The molecule has 210 valence electrons. The van der Waals surface area contributed by atoms with Crippen molar-refractivity contribution in [3.8, 4) is 0 Å². The third-order valence-electron chi connectivity index (χ3n) is 0.836. The Balaban J connectivity index is -0.0000000900. The topological polar surface area (TPSA) is 418 Å². The van der Waals surface area contributed by atoms with Gasteiger partial charge in [0, 0.05) is 0 Å². The van der Waals surface area contributed by atoms with E-state index in [4.69, 9.17) is 27.3 Å². The van der Waals surface area contributed by atoms with E-state index in [1.54, 1.807) is 0 Å². The van der Waals surface area contributed by atoms with Crippen LogP contribution in [0.2, 0.25) is 0 Å². The third-order valence-corrected chi connectivity index (χ3v) is 2.51. The van der Waals surface area contributed by atoms with Crippen LogP contribution in [-0.2, 0) is 88.1 Å². The Morgan fingerprint density at radius 3 is 0.444 bits per heavy atom. The summed E-state index contributed by atoms with van der Waals surface area (Å²) in [5, 5.41) is 0. The van der Waals surface area contributed by atoms with E-state index in [1.807, 2.05) is 0 Å². The summed E-state index contributed by atoms with van der Waals surface area (Å²) in [5.41, 5.74) is 2.37. The molecule has 0 saturated heterocycles. The molecule has 0 atom stereocenters. The molecule has 0 aliphatic heterocycles. The van der Waals surface area contributed by atoms with Gasteiger partial charge in [-0.15, -0.1) is 25.7 Å². The van der Waals surface area contributed by atoms with Crippen LogP contribution in [-0.4, -0.2) is 166 Å². The minimum absolute atomic E-state index is 0. The van der Waals surface area contributed by atoms with Crippen molar-refractivity contribution in [2.45, 2.75) is 0 Å². The number of rotatable bonds is 12. The Morgan fingerprint density at radius 2 is 0.389 bits per heavy atom. The molecule has 0 aromatic heterocycles. The quantitative estimate of drug-likeness (QED) is 0.0518. The molecule has 0 saturated carbocycles. The molecular formula is H12N3Na3O24S6. The van der Waals surface area contributed by atoms with E-state index >= 15 is 0 Å². The van der Waals surface area contributed by atoms with Crippen molar-refractivity contribution in [3.05, 3.63) is 0 Å².